The molecule has 0 aromatic heterocycles. The van der Waals surface area contributed by atoms with Gasteiger partial charge in [-0.15, -0.1) is 0 Å². The molecule has 0 bridgehead atoms. The number of carboxylic acids is 1. The molecular formula is C31H51N7O8. The molecule has 0 spiro atoms. The highest BCUT2D eigenvalue weighted by Gasteiger charge is 2.42. The van der Waals surface area contributed by atoms with Crippen molar-refractivity contribution in [2.45, 2.75) is 109 Å². The number of nitrogens with zero attached hydrogens (tertiary/aromatic N) is 2. The first-order valence-electron chi connectivity index (χ1n) is 16.1. The van der Waals surface area contributed by atoms with E-state index < -0.39 is 59.8 Å². The number of hydrogen-bond acceptors (Lipinski definition) is 8. The summed E-state index contributed by atoms with van der Waals surface area (Å²) in [6, 6.07) is -4.47. The summed E-state index contributed by atoms with van der Waals surface area (Å²) in [4.78, 5) is 92.0. The third-order valence-electron chi connectivity index (χ3n) is 8.50. The van der Waals surface area contributed by atoms with Crippen molar-refractivity contribution in [2.75, 3.05) is 19.6 Å². The van der Waals surface area contributed by atoms with Gasteiger partial charge in [-0.05, 0) is 50.4 Å². The molecule has 2 aliphatic heterocycles. The molecule has 2 fully saturated rings. The fourth-order valence-corrected chi connectivity index (χ4v) is 5.88. The fourth-order valence-electron chi connectivity index (χ4n) is 5.88. The van der Waals surface area contributed by atoms with Crippen molar-refractivity contribution in [3.8, 4) is 0 Å². The van der Waals surface area contributed by atoms with Crippen LogP contribution in [0.15, 0.2) is 12.2 Å². The molecule has 2 aliphatic rings. The molecule has 0 aliphatic carbocycles. The molecule has 6 atom stereocenters. The smallest absolute Gasteiger partial charge is 0.328 e. The predicted molar refractivity (Wildman–Crippen MR) is 168 cm³/mol. The summed E-state index contributed by atoms with van der Waals surface area (Å²) in [5.41, 5.74) is 10.9. The number of aliphatic carboxylic acids is 1. The number of carbonyl (C=O) groups is 7. The Kier molecular flexibility index (Phi) is 15.1. The molecule has 8 N–H and O–H groups in total. The van der Waals surface area contributed by atoms with Gasteiger partial charge in [0.2, 0.25) is 35.4 Å². The zero-order valence-corrected chi connectivity index (χ0v) is 27.3. The first-order chi connectivity index (χ1) is 21.7. The number of amides is 6. The maximum absolute atomic E-state index is 13.6. The van der Waals surface area contributed by atoms with Crippen LogP contribution in [0.25, 0.3) is 0 Å². The maximum atomic E-state index is 13.6. The molecule has 0 aromatic rings. The zero-order valence-electron chi connectivity index (χ0n) is 27.3. The fraction of sp³-hybridized carbons (Fsp3) is 0.710. The summed E-state index contributed by atoms with van der Waals surface area (Å²) in [6.45, 7) is 7.96. The molecule has 2 saturated heterocycles. The van der Waals surface area contributed by atoms with Crippen molar-refractivity contribution < 1.29 is 38.7 Å². The maximum Gasteiger partial charge on any atom is 0.328 e. The van der Waals surface area contributed by atoms with E-state index in [9.17, 15) is 33.6 Å². The highest BCUT2D eigenvalue weighted by molar-refractivity contribution is 5.96. The number of nitrogens with two attached hydrogens (primary N) is 2. The van der Waals surface area contributed by atoms with Crippen LogP contribution in [0.2, 0.25) is 0 Å². The number of hydrogen-bond donors (Lipinski definition) is 6. The van der Waals surface area contributed by atoms with Crippen molar-refractivity contribution in [2.24, 2.45) is 23.3 Å². The van der Waals surface area contributed by atoms with Crippen molar-refractivity contribution in [1.29, 1.82) is 0 Å². The molecule has 258 valence electrons. The summed E-state index contributed by atoms with van der Waals surface area (Å²) >= 11 is 0. The lowest BCUT2D eigenvalue weighted by atomic mass is 9.96. The second-order valence-electron chi connectivity index (χ2n) is 12.5. The van der Waals surface area contributed by atoms with Crippen molar-refractivity contribution >= 4 is 41.4 Å². The van der Waals surface area contributed by atoms with E-state index in [4.69, 9.17) is 16.6 Å². The van der Waals surface area contributed by atoms with Crippen molar-refractivity contribution in [3.05, 3.63) is 12.2 Å². The highest BCUT2D eigenvalue weighted by Crippen LogP contribution is 2.25. The molecule has 0 radical (unpaired) electrons. The summed E-state index contributed by atoms with van der Waals surface area (Å²) in [7, 11) is 0. The minimum Gasteiger partial charge on any atom is -0.478 e. The Morgan fingerprint density at radius 2 is 1.54 bits per heavy atom. The number of nitrogens with one attached hydrogen (secondary N) is 3. The van der Waals surface area contributed by atoms with Gasteiger partial charge in [0.1, 0.15) is 24.2 Å². The summed E-state index contributed by atoms with van der Waals surface area (Å²) in [6.07, 6.45) is 4.95. The van der Waals surface area contributed by atoms with Gasteiger partial charge in [0, 0.05) is 31.6 Å². The van der Waals surface area contributed by atoms with Crippen LogP contribution in [-0.4, -0.2) is 106 Å². The van der Waals surface area contributed by atoms with E-state index in [-0.39, 0.29) is 43.0 Å². The SMILES string of the molecule is CC[C@H](C)[C@H](NC(=O)[C@H](CCC(N)=O)NC(=O)[C@@H]1CCCN1C(=O)[C@@H]1CCCN1C(=O)CN)C(=O)NC(/C=C/C(=O)O)CC(C)C. The lowest BCUT2D eigenvalue weighted by Gasteiger charge is -2.32. The van der Waals surface area contributed by atoms with E-state index in [1.807, 2.05) is 20.8 Å². The quantitative estimate of drug-likeness (QED) is 0.110. The Hall–Kier alpha value is -4.01. The second kappa shape index (κ2) is 18.2. The van der Waals surface area contributed by atoms with Gasteiger partial charge in [-0.2, -0.15) is 0 Å². The lowest BCUT2D eigenvalue weighted by Crippen LogP contribution is -2.59. The van der Waals surface area contributed by atoms with Gasteiger partial charge in [0.15, 0.2) is 0 Å². The summed E-state index contributed by atoms with van der Waals surface area (Å²) in [5, 5.41) is 17.3. The van der Waals surface area contributed by atoms with Crippen molar-refractivity contribution in [3.63, 3.8) is 0 Å². The Bertz CT molecular complexity index is 1160. The molecule has 2 rings (SSSR count). The van der Waals surface area contributed by atoms with Crippen molar-refractivity contribution in [1.82, 2.24) is 25.8 Å². The van der Waals surface area contributed by atoms with E-state index in [0.29, 0.717) is 51.6 Å². The van der Waals surface area contributed by atoms with E-state index in [2.05, 4.69) is 16.0 Å². The van der Waals surface area contributed by atoms with Crippen LogP contribution in [0, 0.1) is 11.8 Å². The van der Waals surface area contributed by atoms with Crippen LogP contribution >= 0.6 is 0 Å². The third kappa shape index (κ3) is 11.1. The normalized spacial score (nSPS) is 20.7. The van der Waals surface area contributed by atoms with Gasteiger partial charge in [-0.1, -0.05) is 40.2 Å². The molecule has 46 heavy (non-hydrogen) atoms. The van der Waals surface area contributed by atoms with E-state index in [0.717, 1.165) is 6.08 Å². The largest absolute Gasteiger partial charge is 0.478 e. The van der Waals surface area contributed by atoms with Crippen LogP contribution in [0.5, 0.6) is 0 Å². The topological polar surface area (TPSA) is 234 Å². The number of carboxylic acid groups (broad SMARTS) is 1. The van der Waals surface area contributed by atoms with Gasteiger partial charge in [0.05, 0.1) is 6.54 Å². The van der Waals surface area contributed by atoms with Gasteiger partial charge >= 0.3 is 5.97 Å². The molecule has 15 heteroatoms. The van der Waals surface area contributed by atoms with Crippen LogP contribution < -0.4 is 27.4 Å². The average molecular weight is 650 g/mol. The minimum atomic E-state index is -1.24. The van der Waals surface area contributed by atoms with E-state index in [1.165, 1.54) is 15.9 Å². The number of carbonyl (C=O) groups excluding carboxylic acids is 6. The van der Waals surface area contributed by atoms with Crippen LogP contribution in [0.1, 0.15) is 79.1 Å². The molecule has 2 heterocycles. The second-order valence-corrected chi connectivity index (χ2v) is 12.5. The van der Waals surface area contributed by atoms with Gasteiger partial charge in [-0.3, -0.25) is 28.8 Å². The third-order valence-corrected chi connectivity index (χ3v) is 8.50. The van der Waals surface area contributed by atoms with Crippen LogP contribution in [-0.2, 0) is 33.6 Å². The molecule has 6 amide bonds. The Labute approximate surface area is 270 Å². The summed E-state index contributed by atoms with van der Waals surface area (Å²) < 4.78 is 0. The molecule has 0 aromatic carbocycles. The molecular weight excluding hydrogens is 598 g/mol. The molecule has 15 nitrogen and oxygen atoms in total. The lowest BCUT2D eigenvalue weighted by molar-refractivity contribution is -0.146. The first-order valence-corrected chi connectivity index (χ1v) is 16.1. The standard InChI is InChI=1S/C31H51N7O8/c1-5-19(4)27(30(45)34-20(16-18(2)3)10-13-26(41)42)36-28(43)21(11-12-24(33)39)35-29(44)22-8-6-15-38(22)31(46)23-9-7-14-37(23)25(40)17-32/h10,13,18-23,27H,5-9,11-12,14-17,32H2,1-4H3,(H2,33,39)(H,34,45)(H,35,44)(H,36,43)(H,41,42)/b13-10+/t19-,20?,21-,22-,23-,27-/m0/s1. The van der Waals surface area contributed by atoms with Gasteiger partial charge in [-0.25, -0.2) is 4.79 Å². The zero-order chi connectivity index (χ0) is 34.6. The number of likely N-dealkylation sites (tertiary alicyclic amines) is 2. The summed E-state index contributed by atoms with van der Waals surface area (Å²) in [5.74, 6) is -4.56. The van der Waals surface area contributed by atoms with Gasteiger partial charge in [0.25, 0.3) is 0 Å². The number of primary amides is 1. The van der Waals surface area contributed by atoms with E-state index >= 15 is 0 Å². The van der Waals surface area contributed by atoms with E-state index in [1.54, 1.807) is 6.92 Å². The Balaban J connectivity index is 2.23. The first kappa shape index (κ1) is 38.2. The number of rotatable bonds is 17. The molecule has 0 saturated carbocycles. The average Bonchev–Trinajstić information content (AvgIpc) is 3.69. The van der Waals surface area contributed by atoms with Crippen LogP contribution in [0.4, 0.5) is 0 Å². The highest BCUT2D eigenvalue weighted by atomic mass is 16.4. The van der Waals surface area contributed by atoms with Gasteiger partial charge < -0.3 is 42.3 Å². The minimum absolute atomic E-state index is 0.133. The Morgan fingerprint density at radius 3 is 2.11 bits per heavy atom. The monoisotopic (exact) mass is 649 g/mol. The predicted octanol–water partition coefficient (Wildman–Crippen LogP) is -0.620. The van der Waals surface area contributed by atoms with Crippen LogP contribution in [0.3, 0.4) is 0 Å². The Morgan fingerprint density at radius 1 is 0.913 bits per heavy atom. The molecule has 1 unspecified atom stereocenters.